The van der Waals surface area contributed by atoms with Gasteiger partial charge in [0.2, 0.25) is 15.9 Å². The number of amides is 1. The number of rotatable bonds is 5. The highest BCUT2D eigenvalue weighted by atomic mass is 32.2. The lowest BCUT2D eigenvalue weighted by Crippen LogP contribution is -2.43. The van der Waals surface area contributed by atoms with E-state index in [1.807, 2.05) is 0 Å². The average Bonchev–Trinajstić information content (AvgIpc) is 2.82. The van der Waals surface area contributed by atoms with E-state index >= 15 is 0 Å². The normalized spacial score (nSPS) is 22.2. The van der Waals surface area contributed by atoms with Crippen LogP contribution in [0.3, 0.4) is 0 Å². The summed E-state index contributed by atoms with van der Waals surface area (Å²) in [6.45, 7) is 1.82. The Morgan fingerprint density at radius 1 is 1.29 bits per heavy atom. The van der Waals surface area contributed by atoms with Crippen LogP contribution in [-0.4, -0.2) is 26.4 Å². The van der Waals surface area contributed by atoms with Gasteiger partial charge in [0.05, 0.1) is 4.90 Å². The van der Waals surface area contributed by atoms with Crippen molar-refractivity contribution in [1.82, 2.24) is 10.0 Å². The molecule has 0 aromatic heterocycles. The number of sulfonamides is 1. The van der Waals surface area contributed by atoms with Crippen LogP contribution >= 0.6 is 0 Å². The van der Waals surface area contributed by atoms with Gasteiger partial charge in [-0.1, -0.05) is 18.6 Å². The molecule has 0 saturated heterocycles. The maximum Gasteiger partial charge on any atom is 0.240 e. The summed E-state index contributed by atoms with van der Waals surface area (Å²) < 4.78 is 27.2. The van der Waals surface area contributed by atoms with Crippen LogP contribution in [0.25, 0.3) is 0 Å². The fourth-order valence-electron chi connectivity index (χ4n) is 2.42. The van der Waals surface area contributed by atoms with E-state index in [4.69, 9.17) is 5.73 Å². The number of carbonyl (C=O) groups is 1. The summed E-state index contributed by atoms with van der Waals surface area (Å²) in [4.78, 5) is 11.1. The fraction of sp³-hybridized carbons (Fsp3) is 0.500. The lowest BCUT2D eigenvalue weighted by Gasteiger charge is -2.17. The van der Waals surface area contributed by atoms with Gasteiger partial charge >= 0.3 is 0 Å². The van der Waals surface area contributed by atoms with E-state index in [1.54, 1.807) is 24.3 Å². The lowest BCUT2D eigenvalue weighted by atomic mass is 10.2. The second-order valence-electron chi connectivity index (χ2n) is 5.38. The molecule has 6 nitrogen and oxygen atoms in total. The van der Waals surface area contributed by atoms with Crippen molar-refractivity contribution in [3.8, 4) is 0 Å². The smallest absolute Gasteiger partial charge is 0.240 e. The van der Waals surface area contributed by atoms with Gasteiger partial charge in [0.15, 0.2) is 0 Å². The van der Waals surface area contributed by atoms with Crippen LogP contribution in [0.5, 0.6) is 0 Å². The molecule has 0 radical (unpaired) electrons. The quantitative estimate of drug-likeness (QED) is 0.736. The Labute approximate surface area is 125 Å². The van der Waals surface area contributed by atoms with Crippen molar-refractivity contribution in [2.24, 2.45) is 5.73 Å². The minimum absolute atomic E-state index is 0.112. The van der Waals surface area contributed by atoms with Crippen molar-refractivity contribution in [2.45, 2.75) is 49.7 Å². The zero-order chi connectivity index (χ0) is 15.5. The standard InChI is InChI=1S/C14H21N3O3S/c1-10(18)16-9-11-5-7-12(8-6-11)21(19,20)17-14-4-2-3-13(14)15/h5-8,13-14,17H,2-4,9,15H2,1H3,(H,16,18). The third-order valence-electron chi connectivity index (χ3n) is 3.65. The Morgan fingerprint density at radius 2 is 1.95 bits per heavy atom. The maximum absolute atomic E-state index is 12.3. The molecule has 0 heterocycles. The molecule has 7 heteroatoms. The molecule has 0 spiro atoms. The predicted octanol–water partition coefficient (Wildman–Crippen LogP) is 0.481. The molecule has 116 valence electrons. The van der Waals surface area contributed by atoms with Gasteiger partial charge in [0.1, 0.15) is 0 Å². The van der Waals surface area contributed by atoms with Crippen LogP contribution in [0.15, 0.2) is 29.2 Å². The third kappa shape index (κ3) is 4.26. The Bertz CT molecular complexity index is 598. The zero-order valence-corrected chi connectivity index (χ0v) is 12.8. The van der Waals surface area contributed by atoms with E-state index in [1.165, 1.54) is 6.92 Å². The summed E-state index contributed by atoms with van der Waals surface area (Å²) in [5.74, 6) is -0.122. The monoisotopic (exact) mass is 311 g/mol. The summed E-state index contributed by atoms with van der Waals surface area (Å²) in [5, 5.41) is 2.66. The summed E-state index contributed by atoms with van der Waals surface area (Å²) >= 11 is 0. The van der Waals surface area contributed by atoms with E-state index in [9.17, 15) is 13.2 Å². The highest BCUT2D eigenvalue weighted by Crippen LogP contribution is 2.20. The van der Waals surface area contributed by atoms with Gasteiger partial charge < -0.3 is 11.1 Å². The van der Waals surface area contributed by atoms with Gasteiger partial charge in [0, 0.05) is 25.6 Å². The molecule has 1 fully saturated rings. The third-order valence-corrected chi connectivity index (χ3v) is 5.16. The summed E-state index contributed by atoms with van der Waals surface area (Å²) in [6, 6.07) is 6.17. The molecule has 21 heavy (non-hydrogen) atoms. The number of hydrogen-bond acceptors (Lipinski definition) is 4. The Hall–Kier alpha value is -1.44. The number of carbonyl (C=O) groups excluding carboxylic acids is 1. The van der Waals surface area contributed by atoms with Crippen molar-refractivity contribution < 1.29 is 13.2 Å². The van der Waals surface area contributed by atoms with Crippen LogP contribution in [-0.2, 0) is 21.4 Å². The molecule has 1 aromatic carbocycles. The molecule has 2 atom stereocenters. The second-order valence-corrected chi connectivity index (χ2v) is 7.09. The van der Waals surface area contributed by atoms with Crippen molar-refractivity contribution >= 4 is 15.9 Å². The predicted molar refractivity (Wildman–Crippen MR) is 79.9 cm³/mol. The molecule has 1 amide bonds. The van der Waals surface area contributed by atoms with Crippen LogP contribution in [0, 0.1) is 0 Å². The molecule has 2 unspecified atom stereocenters. The minimum Gasteiger partial charge on any atom is -0.352 e. The van der Waals surface area contributed by atoms with Gasteiger partial charge in [-0.25, -0.2) is 13.1 Å². The second kappa shape index (κ2) is 6.55. The Balaban J connectivity index is 2.04. The highest BCUT2D eigenvalue weighted by Gasteiger charge is 2.28. The van der Waals surface area contributed by atoms with Crippen LogP contribution in [0.2, 0.25) is 0 Å². The summed E-state index contributed by atoms with van der Waals surface area (Å²) in [6.07, 6.45) is 2.58. The Kier molecular flexibility index (Phi) is 4.97. The molecule has 1 aliphatic carbocycles. The first kappa shape index (κ1) is 15.9. The summed E-state index contributed by atoms with van der Waals surface area (Å²) in [7, 11) is -3.54. The highest BCUT2D eigenvalue weighted by molar-refractivity contribution is 7.89. The average molecular weight is 311 g/mol. The van der Waals surface area contributed by atoms with E-state index in [0.717, 1.165) is 24.8 Å². The summed E-state index contributed by atoms with van der Waals surface area (Å²) in [5.41, 5.74) is 6.74. The molecule has 0 bridgehead atoms. The van der Waals surface area contributed by atoms with Gasteiger partial charge in [-0.3, -0.25) is 4.79 Å². The molecule has 1 saturated carbocycles. The van der Waals surface area contributed by atoms with Gasteiger partial charge in [-0.15, -0.1) is 0 Å². The topological polar surface area (TPSA) is 101 Å². The van der Waals surface area contributed by atoms with Gasteiger partial charge in [0.25, 0.3) is 0 Å². The van der Waals surface area contributed by atoms with Crippen molar-refractivity contribution in [2.75, 3.05) is 0 Å². The maximum atomic E-state index is 12.3. The molecular weight excluding hydrogens is 290 g/mol. The molecule has 2 rings (SSSR count). The first-order valence-corrected chi connectivity index (χ1v) is 8.48. The lowest BCUT2D eigenvalue weighted by molar-refractivity contribution is -0.119. The molecule has 4 N–H and O–H groups in total. The Morgan fingerprint density at radius 3 is 2.48 bits per heavy atom. The van der Waals surface area contributed by atoms with E-state index in [-0.39, 0.29) is 22.9 Å². The van der Waals surface area contributed by atoms with Crippen molar-refractivity contribution in [3.05, 3.63) is 29.8 Å². The van der Waals surface area contributed by atoms with E-state index in [0.29, 0.717) is 6.54 Å². The first-order chi connectivity index (χ1) is 9.88. The fourth-order valence-corrected chi connectivity index (χ4v) is 3.74. The zero-order valence-electron chi connectivity index (χ0n) is 12.0. The van der Waals surface area contributed by atoms with Crippen LogP contribution in [0.4, 0.5) is 0 Å². The molecule has 1 aromatic rings. The van der Waals surface area contributed by atoms with Gasteiger partial charge in [-0.2, -0.15) is 0 Å². The van der Waals surface area contributed by atoms with Crippen LogP contribution < -0.4 is 15.8 Å². The number of benzene rings is 1. The first-order valence-electron chi connectivity index (χ1n) is 7.00. The number of hydrogen-bond donors (Lipinski definition) is 3. The van der Waals surface area contributed by atoms with E-state index < -0.39 is 10.0 Å². The molecule has 0 aliphatic heterocycles. The molecule has 1 aliphatic rings. The molecular formula is C14H21N3O3S. The van der Waals surface area contributed by atoms with E-state index in [2.05, 4.69) is 10.0 Å². The van der Waals surface area contributed by atoms with Crippen LogP contribution in [0.1, 0.15) is 31.7 Å². The van der Waals surface area contributed by atoms with Gasteiger partial charge in [-0.05, 0) is 30.5 Å². The largest absolute Gasteiger partial charge is 0.352 e. The number of nitrogens with one attached hydrogen (secondary N) is 2. The minimum atomic E-state index is -3.54. The van der Waals surface area contributed by atoms with Crippen molar-refractivity contribution in [1.29, 1.82) is 0 Å². The number of nitrogens with two attached hydrogens (primary N) is 1. The van der Waals surface area contributed by atoms with Crippen molar-refractivity contribution in [3.63, 3.8) is 0 Å². The SMILES string of the molecule is CC(=O)NCc1ccc(S(=O)(=O)NC2CCCC2N)cc1.